The topological polar surface area (TPSA) is 50.4 Å². The van der Waals surface area contributed by atoms with Crippen LogP contribution >= 0.6 is 0 Å². The van der Waals surface area contributed by atoms with Crippen molar-refractivity contribution >= 4 is 6.03 Å². The summed E-state index contributed by atoms with van der Waals surface area (Å²) in [6, 6.07) is 7.95. The maximum atomic E-state index is 11.6. The maximum Gasteiger partial charge on any atom is 0.315 e. The van der Waals surface area contributed by atoms with Crippen LogP contribution in [0.3, 0.4) is 0 Å². The second-order valence-electron chi connectivity index (χ2n) is 5.90. The number of carbonyl (C=O) groups is 1. The molecule has 4 heteroatoms. The molecule has 112 valence electrons. The second-order valence-corrected chi connectivity index (χ2v) is 5.90. The first-order valence-corrected chi connectivity index (χ1v) is 7.10. The van der Waals surface area contributed by atoms with Gasteiger partial charge in [0.2, 0.25) is 0 Å². The molecular formula is C16H26N2O2. The van der Waals surface area contributed by atoms with Gasteiger partial charge in [0.25, 0.3) is 0 Å². The van der Waals surface area contributed by atoms with Gasteiger partial charge in [-0.2, -0.15) is 0 Å². The number of para-hydroxylation sites is 1. The number of carbonyl (C=O) groups excluding carboxylic acids is 1. The van der Waals surface area contributed by atoms with E-state index in [1.807, 2.05) is 39.0 Å². The van der Waals surface area contributed by atoms with Crippen molar-refractivity contribution in [3.63, 3.8) is 0 Å². The molecule has 0 aromatic heterocycles. The molecule has 2 N–H and O–H groups in total. The number of aryl methyl sites for hydroxylation is 1. The lowest BCUT2D eigenvalue weighted by atomic mass is 10.1. The Bertz CT molecular complexity index is 425. The molecule has 0 spiro atoms. The second kappa shape index (κ2) is 7.78. The molecule has 1 aromatic rings. The van der Waals surface area contributed by atoms with Gasteiger partial charge >= 0.3 is 6.03 Å². The molecule has 0 aliphatic heterocycles. The molecule has 1 aromatic carbocycles. The average Bonchev–Trinajstić information content (AvgIpc) is 2.36. The fourth-order valence-corrected chi connectivity index (χ4v) is 1.94. The summed E-state index contributed by atoms with van der Waals surface area (Å²) in [7, 11) is 1.69. The molecule has 0 radical (unpaired) electrons. The summed E-state index contributed by atoms with van der Waals surface area (Å²) in [6.07, 6.45) is 2.94. The highest BCUT2D eigenvalue weighted by atomic mass is 16.5. The fourth-order valence-electron chi connectivity index (χ4n) is 1.94. The van der Waals surface area contributed by atoms with E-state index in [1.165, 1.54) is 5.56 Å². The number of urea groups is 1. The molecule has 0 heterocycles. The normalized spacial score (nSPS) is 11.0. The van der Waals surface area contributed by atoms with E-state index in [1.54, 1.807) is 7.11 Å². The number of methoxy groups -OCH3 is 1. The summed E-state index contributed by atoms with van der Waals surface area (Å²) in [5.74, 6) is 0.936. The van der Waals surface area contributed by atoms with Crippen molar-refractivity contribution in [2.24, 2.45) is 0 Å². The summed E-state index contributed by atoms with van der Waals surface area (Å²) in [4.78, 5) is 11.6. The number of ether oxygens (including phenoxy) is 1. The molecule has 0 saturated carbocycles. The minimum Gasteiger partial charge on any atom is -0.496 e. The third kappa shape index (κ3) is 6.45. The van der Waals surface area contributed by atoms with E-state index in [9.17, 15) is 4.79 Å². The van der Waals surface area contributed by atoms with E-state index in [0.29, 0.717) is 6.54 Å². The first-order valence-electron chi connectivity index (χ1n) is 7.10. The third-order valence-corrected chi connectivity index (χ3v) is 2.84. The SMILES string of the molecule is COc1ccccc1CCCCNC(=O)NC(C)(C)C. The Kier molecular flexibility index (Phi) is 6.36. The highest BCUT2D eigenvalue weighted by molar-refractivity contribution is 5.74. The number of rotatable bonds is 6. The minimum atomic E-state index is -0.193. The molecule has 0 atom stereocenters. The summed E-state index contributed by atoms with van der Waals surface area (Å²) >= 11 is 0. The van der Waals surface area contributed by atoms with Crippen molar-refractivity contribution in [1.29, 1.82) is 0 Å². The lowest BCUT2D eigenvalue weighted by Crippen LogP contribution is -2.46. The number of amides is 2. The van der Waals surface area contributed by atoms with Gasteiger partial charge < -0.3 is 15.4 Å². The minimum absolute atomic E-state index is 0.102. The van der Waals surface area contributed by atoms with Crippen molar-refractivity contribution in [1.82, 2.24) is 10.6 Å². The Labute approximate surface area is 121 Å². The van der Waals surface area contributed by atoms with Crippen molar-refractivity contribution < 1.29 is 9.53 Å². The zero-order valence-corrected chi connectivity index (χ0v) is 13.0. The molecule has 0 aliphatic rings. The quantitative estimate of drug-likeness (QED) is 0.786. The molecule has 0 unspecified atom stereocenters. The third-order valence-electron chi connectivity index (χ3n) is 2.84. The van der Waals surface area contributed by atoms with Crippen LogP contribution in [0.25, 0.3) is 0 Å². The monoisotopic (exact) mass is 278 g/mol. The van der Waals surface area contributed by atoms with Crippen molar-refractivity contribution in [2.45, 2.75) is 45.6 Å². The van der Waals surface area contributed by atoms with E-state index in [0.717, 1.165) is 25.0 Å². The van der Waals surface area contributed by atoms with E-state index in [-0.39, 0.29) is 11.6 Å². The predicted molar refractivity (Wildman–Crippen MR) is 82.2 cm³/mol. The number of hydrogen-bond acceptors (Lipinski definition) is 2. The largest absolute Gasteiger partial charge is 0.496 e. The standard InChI is InChI=1S/C16H26N2O2/c1-16(2,3)18-15(19)17-12-8-7-10-13-9-5-6-11-14(13)20-4/h5-6,9,11H,7-8,10,12H2,1-4H3,(H2,17,18,19). The molecule has 0 saturated heterocycles. The van der Waals surface area contributed by atoms with Gasteiger partial charge in [0, 0.05) is 12.1 Å². The van der Waals surface area contributed by atoms with Crippen LogP contribution in [0.4, 0.5) is 4.79 Å². The van der Waals surface area contributed by atoms with Crippen LogP contribution in [-0.4, -0.2) is 25.2 Å². The zero-order chi connectivity index (χ0) is 15.0. The Morgan fingerprint density at radius 1 is 1.20 bits per heavy atom. The molecule has 0 bridgehead atoms. The Balaban J connectivity index is 2.21. The lowest BCUT2D eigenvalue weighted by molar-refractivity contribution is 0.232. The molecule has 2 amide bonds. The summed E-state index contributed by atoms with van der Waals surface area (Å²) in [5, 5.41) is 5.75. The molecule has 20 heavy (non-hydrogen) atoms. The number of nitrogens with one attached hydrogen (secondary N) is 2. The first kappa shape index (κ1) is 16.3. The van der Waals surface area contributed by atoms with Crippen molar-refractivity contribution in [2.75, 3.05) is 13.7 Å². The highest BCUT2D eigenvalue weighted by Gasteiger charge is 2.12. The van der Waals surface area contributed by atoms with Gasteiger partial charge in [0.05, 0.1) is 7.11 Å². The predicted octanol–water partition coefficient (Wildman–Crippen LogP) is 3.12. The Hall–Kier alpha value is -1.71. The fraction of sp³-hybridized carbons (Fsp3) is 0.562. The van der Waals surface area contributed by atoms with Crippen LogP contribution in [-0.2, 0) is 6.42 Å². The Morgan fingerprint density at radius 2 is 1.90 bits per heavy atom. The van der Waals surface area contributed by atoms with Crippen LogP contribution in [0.1, 0.15) is 39.2 Å². The van der Waals surface area contributed by atoms with E-state index < -0.39 is 0 Å². The van der Waals surface area contributed by atoms with Gasteiger partial charge in [-0.3, -0.25) is 0 Å². The number of benzene rings is 1. The smallest absolute Gasteiger partial charge is 0.315 e. The van der Waals surface area contributed by atoms with Crippen LogP contribution in [0.15, 0.2) is 24.3 Å². The van der Waals surface area contributed by atoms with Gasteiger partial charge in [-0.05, 0) is 51.7 Å². The first-order chi connectivity index (χ1) is 9.42. The van der Waals surface area contributed by atoms with Gasteiger partial charge in [-0.15, -0.1) is 0 Å². The number of unbranched alkanes of at least 4 members (excludes halogenated alkanes) is 1. The molecular weight excluding hydrogens is 252 g/mol. The molecule has 0 fully saturated rings. The van der Waals surface area contributed by atoms with Crippen molar-refractivity contribution in [3.8, 4) is 5.75 Å². The zero-order valence-electron chi connectivity index (χ0n) is 13.0. The van der Waals surface area contributed by atoms with Gasteiger partial charge in [-0.1, -0.05) is 18.2 Å². The average molecular weight is 278 g/mol. The van der Waals surface area contributed by atoms with Gasteiger partial charge in [0.15, 0.2) is 0 Å². The van der Waals surface area contributed by atoms with Crippen LogP contribution in [0, 0.1) is 0 Å². The number of hydrogen-bond donors (Lipinski definition) is 2. The van der Waals surface area contributed by atoms with E-state index >= 15 is 0 Å². The van der Waals surface area contributed by atoms with E-state index in [2.05, 4.69) is 16.7 Å². The molecule has 1 rings (SSSR count). The van der Waals surface area contributed by atoms with Crippen LogP contribution in [0.5, 0.6) is 5.75 Å². The highest BCUT2D eigenvalue weighted by Crippen LogP contribution is 2.19. The van der Waals surface area contributed by atoms with Crippen LogP contribution < -0.4 is 15.4 Å². The van der Waals surface area contributed by atoms with Crippen molar-refractivity contribution in [3.05, 3.63) is 29.8 Å². The maximum absolute atomic E-state index is 11.6. The summed E-state index contributed by atoms with van der Waals surface area (Å²) in [5.41, 5.74) is 1.02. The summed E-state index contributed by atoms with van der Waals surface area (Å²) in [6.45, 7) is 6.59. The molecule has 0 aliphatic carbocycles. The Morgan fingerprint density at radius 3 is 2.55 bits per heavy atom. The van der Waals surface area contributed by atoms with E-state index in [4.69, 9.17) is 4.74 Å². The van der Waals surface area contributed by atoms with Gasteiger partial charge in [0.1, 0.15) is 5.75 Å². The van der Waals surface area contributed by atoms with Crippen LogP contribution in [0.2, 0.25) is 0 Å². The summed E-state index contributed by atoms with van der Waals surface area (Å²) < 4.78 is 5.32. The van der Waals surface area contributed by atoms with Gasteiger partial charge in [-0.25, -0.2) is 4.79 Å². The lowest BCUT2D eigenvalue weighted by Gasteiger charge is -2.20. The molecule has 4 nitrogen and oxygen atoms in total.